The maximum atomic E-state index is 4.71. The first-order valence-electron chi connectivity index (χ1n) is 7.99. The Bertz CT molecular complexity index is 716. The second-order valence-electron chi connectivity index (χ2n) is 5.66. The molecule has 0 bridgehead atoms. The third-order valence-corrected chi connectivity index (χ3v) is 4.07. The van der Waals surface area contributed by atoms with E-state index < -0.39 is 0 Å². The van der Waals surface area contributed by atoms with Crippen LogP contribution in [0.1, 0.15) is 17.8 Å². The topological polar surface area (TPSA) is 29.9 Å². The molecule has 1 heterocycles. The molecule has 2 aromatic carbocycles. The summed E-state index contributed by atoms with van der Waals surface area (Å²) >= 11 is 0. The quantitative estimate of drug-likeness (QED) is 0.677. The van der Waals surface area contributed by atoms with E-state index in [0.29, 0.717) is 0 Å². The highest BCUT2D eigenvalue weighted by molar-refractivity contribution is 5.75. The van der Waals surface area contributed by atoms with E-state index in [1.807, 2.05) is 6.07 Å². The van der Waals surface area contributed by atoms with Crippen molar-refractivity contribution in [3.05, 3.63) is 66.0 Å². The zero-order valence-electron chi connectivity index (χ0n) is 13.1. The summed E-state index contributed by atoms with van der Waals surface area (Å²) in [5.74, 6) is 1.17. The van der Waals surface area contributed by atoms with Gasteiger partial charge in [-0.15, -0.1) is 0 Å². The van der Waals surface area contributed by atoms with Gasteiger partial charge >= 0.3 is 0 Å². The van der Waals surface area contributed by atoms with Gasteiger partial charge in [0.2, 0.25) is 0 Å². The second kappa shape index (κ2) is 7.23. The summed E-state index contributed by atoms with van der Waals surface area (Å²) in [6, 6.07) is 18.9. The third-order valence-electron chi connectivity index (χ3n) is 4.07. The first kappa shape index (κ1) is 14.8. The van der Waals surface area contributed by atoms with Crippen LogP contribution in [0, 0.1) is 0 Å². The number of rotatable bonds is 7. The fourth-order valence-corrected chi connectivity index (χ4v) is 2.79. The van der Waals surface area contributed by atoms with E-state index in [9.17, 15) is 0 Å². The molecule has 1 N–H and O–H groups in total. The fourth-order valence-electron chi connectivity index (χ4n) is 2.79. The first-order chi connectivity index (χ1) is 10.8. The fraction of sp³-hybridized carbons (Fsp3) is 0.316. The molecular weight excluding hydrogens is 270 g/mol. The average molecular weight is 293 g/mol. The number of hydrogen-bond donors (Lipinski definition) is 1. The van der Waals surface area contributed by atoms with Crippen LogP contribution >= 0.6 is 0 Å². The predicted octanol–water partition coefficient (Wildman–Crippen LogP) is 3.34. The molecule has 0 fully saturated rings. The summed E-state index contributed by atoms with van der Waals surface area (Å²) in [6.45, 7) is 2.07. The van der Waals surface area contributed by atoms with Crippen LogP contribution in [-0.2, 0) is 19.9 Å². The molecule has 0 amide bonds. The Morgan fingerprint density at radius 3 is 2.50 bits per heavy atom. The van der Waals surface area contributed by atoms with E-state index in [0.717, 1.165) is 37.9 Å². The van der Waals surface area contributed by atoms with E-state index in [2.05, 4.69) is 65.5 Å². The maximum absolute atomic E-state index is 4.71. The van der Waals surface area contributed by atoms with Crippen molar-refractivity contribution in [3.8, 4) is 0 Å². The van der Waals surface area contributed by atoms with Gasteiger partial charge in [-0.25, -0.2) is 4.98 Å². The Morgan fingerprint density at radius 2 is 1.68 bits per heavy atom. The third kappa shape index (κ3) is 3.55. The summed E-state index contributed by atoms with van der Waals surface area (Å²) in [4.78, 5) is 4.71. The molecule has 0 atom stereocenters. The van der Waals surface area contributed by atoms with Crippen molar-refractivity contribution in [1.29, 1.82) is 0 Å². The number of hydrogen-bond acceptors (Lipinski definition) is 2. The van der Waals surface area contributed by atoms with Crippen molar-refractivity contribution in [2.75, 3.05) is 13.1 Å². The lowest BCUT2D eigenvalue weighted by atomic mass is 10.1. The number of nitrogens with zero attached hydrogens (tertiary/aromatic N) is 2. The van der Waals surface area contributed by atoms with Gasteiger partial charge in [0.05, 0.1) is 11.0 Å². The Hall–Kier alpha value is -2.13. The van der Waals surface area contributed by atoms with Gasteiger partial charge in [-0.1, -0.05) is 42.5 Å². The molecule has 0 saturated carbocycles. The number of nitrogens with one attached hydrogen (secondary N) is 1. The van der Waals surface area contributed by atoms with E-state index >= 15 is 0 Å². The van der Waals surface area contributed by atoms with E-state index in [1.165, 1.54) is 16.9 Å². The summed E-state index contributed by atoms with van der Waals surface area (Å²) < 4.78 is 2.21. The van der Waals surface area contributed by atoms with Crippen molar-refractivity contribution >= 4 is 11.0 Å². The molecule has 0 unspecified atom stereocenters. The second-order valence-corrected chi connectivity index (χ2v) is 5.66. The Balaban J connectivity index is 1.42. The first-order valence-corrected chi connectivity index (χ1v) is 7.99. The molecular formula is C19H23N3. The number of imidazole rings is 1. The summed E-state index contributed by atoms with van der Waals surface area (Å²) in [6.07, 6.45) is 3.22. The van der Waals surface area contributed by atoms with Gasteiger partial charge in [0.25, 0.3) is 0 Å². The van der Waals surface area contributed by atoms with Gasteiger partial charge in [0, 0.05) is 13.5 Å². The van der Waals surface area contributed by atoms with Crippen LogP contribution in [0.3, 0.4) is 0 Å². The predicted molar refractivity (Wildman–Crippen MR) is 92.1 cm³/mol. The Morgan fingerprint density at radius 1 is 0.909 bits per heavy atom. The van der Waals surface area contributed by atoms with Crippen LogP contribution in [0.4, 0.5) is 0 Å². The number of aromatic nitrogens is 2. The van der Waals surface area contributed by atoms with Crippen molar-refractivity contribution < 1.29 is 0 Å². The van der Waals surface area contributed by atoms with E-state index in [-0.39, 0.29) is 0 Å². The Kier molecular flexibility index (Phi) is 4.86. The zero-order chi connectivity index (χ0) is 15.2. The largest absolute Gasteiger partial charge is 0.331 e. The molecule has 0 aliphatic carbocycles. The van der Waals surface area contributed by atoms with Crippen LogP contribution in [-0.4, -0.2) is 22.6 Å². The number of benzene rings is 2. The monoisotopic (exact) mass is 293 g/mol. The van der Waals surface area contributed by atoms with Crippen molar-refractivity contribution in [1.82, 2.24) is 14.9 Å². The lowest BCUT2D eigenvalue weighted by molar-refractivity contribution is 0.630. The molecule has 114 valence electrons. The van der Waals surface area contributed by atoms with Gasteiger partial charge in [0.1, 0.15) is 5.82 Å². The zero-order valence-corrected chi connectivity index (χ0v) is 13.1. The summed E-state index contributed by atoms with van der Waals surface area (Å²) in [5, 5.41) is 3.52. The van der Waals surface area contributed by atoms with Crippen LogP contribution in [0.5, 0.6) is 0 Å². The molecule has 3 nitrogen and oxygen atoms in total. The molecule has 0 radical (unpaired) electrons. The molecule has 0 aliphatic rings. The molecule has 0 spiro atoms. The summed E-state index contributed by atoms with van der Waals surface area (Å²) in [5.41, 5.74) is 3.71. The molecule has 1 aromatic heterocycles. The van der Waals surface area contributed by atoms with Crippen LogP contribution in [0.25, 0.3) is 11.0 Å². The lowest BCUT2D eigenvalue weighted by Gasteiger charge is -2.05. The van der Waals surface area contributed by atoms with Crippen LogP contribution in [0.15, 0.2) is 54.6 Å². The molecule has 3 heteroatoms. The van der Waals surface area contributed by atoms with E-state index in [4.69, 9.17) is 4.98 Å². The molecule has 0 aliphatic heterocycles. The number of para-hydroxylation sites is 2. The van der Waals surface area contributed by atoms with E-state index in [1.54, 1.807) is 0 Å². The molecule has 0 saturated heterocycles. The number of fused-ring (bicyclic) bond motifs is 1. The SMILES string of the molecule is Cn1c(CCCNCCc2ccccc2)nc2ccccc21. The van der Waals surface area contributed by atoms with Crippen LogP contribution < -0.4 is 5.32 Å². The highest BCUT2D eigenvalue weighted by Gasteiger charge is 2.06. The van der Waals surface area contributed by atoms with Crippen molar-refractivity contribution in [2.45, 2.75) is 19.3 Å². The normalized spacial score (nSPS) is 11.1. The highest BCUT2D eigenvalue weighted by atomic mass is 15.1. The van der Waals surface area contributed by atoms with Gasteiger partial charge in [0.15, 0.2) is 0 Å². The minimum absolute atomic E-state index is 1.02. The smallest absolute Gasteiger partial charge is 0.109 e. The van der Waals surface area contributed by atoms with Gasteiger partial charge in [-0.05, 0) is 43.6 Å². The minimum atomic E-state index is 1.02. The average Bonchev–Trinajstić information content (AvgIpc) is 2.88. The van der Waals surface area contributed by atoms with Gasteiger partial charge in [-0.2, -0.15) is 0 Å². The molecule has 22 heavy (non-hydrogen) atoms. The standard InChI is InChI=1S/C19H23N3/c1-22-18-11-6-5-10-17(18)21-19(22)12-7-14-20-15-13-16-8-3-2-4-9-16/h2-6,8-11,20H,7,12-15H2,1H3. The lowest BCUT2D eigenvalue weighted by Crippen LogP contribution is -2.19. The minimum Gasteiger partial charge on any atom is -0.331 e. The molecule has 3 aromatic rings. The van der Waals surface area contributed by atoms with Gasteiger partial charge in [-0.3, -0.25) is 0 Å². The Labute approximate surface area is 132 Å². The molecule has 3 rings (SSSR count). The van der Waals surface area contributed by atoms with Crippen molar-refractivity contribution in [3.63, 3.8) is 0 Å². The highest BCUT2D eigenvalue weighted by Crippen LogP contribution is 2.14. The summed E-state index contributed by atoms with van der Waals surface area (Å²) in [7, 11) is 2.10. The maximum Gasteiger partial charge on any atom is 0.109 e. The van der Waals surface area contributed by atoms with Gasteiger partial charge < -0.3 is 9.88 Å². The van der Waals surface area contributed by atoms with Crippen LogP contribution in [0.2, 0.25) is 0 Å². The van der Waals surface area contributed by atoms with Crippen molar-refractivity contribution in [2.24, 2.45) is 7.05 Å². The number of aryl methyl sites for hydroxylation is 2.